The fraction of sp³-hybridized carbons (Fsp3) is 0.375. The van der Waals surface area contributed by atoms with Gasteiger partial charge in [0.15, 0.2) is 0 Å². The number of hydrogen-bond donors (Lipinski definition) is 1. The van der Waals surface area contributed by atoms with Crippen LogP contribution in [0.15, 0.2) is 35.1 Å². The first-order valence-corrected chi connectivity index (χ1v) is 7.10. The first-order valence-electron chi connectivity index (χ1n) is 7.10. The molecule has 1 atom stereocenters. The maximum absolute atomic E-state index is 13.3. The Morgan fingerprint density at radius 3 is 2.81 bits per heavy atom. The fourth-order valence-electron chi connectivity index (χ4n) is 1.99. The molecule has 0 amide bonds. The molecule has 0 bridgehead atoms. The molecule has 0 radical (unpaired) electrons. The van der Waals surface area contributed by atoms with E-state index in [1.807, 2.05) is 0 Å². The van der Waals surface area contributed by atoms with E-state index in [9.17, 15) is 9.18 Å². The van der Waals surface area contributed by atoms with Gasteiger partial charge in [0, 0.05) is 24.3 Å². The molecule has 2 rings (SSSR count). The third kappa shape index (κ3) is 3.76. The molecule has 0 aliphatic heterocycles. The summed E-state index contributed by atoms with van der Waals surface area (Å²) in [6.07, 6.45) is 0.976. The van der Waals surface area contributed by atoms with Crippen molar-refractivity contribution in [3.05, 3.63) is 57.8 Å². The smallest absolute Gasteiger partial charge is 0.204 e. The molecule has 1 aromatic heterocycles. The summed E-state index contributed by atoms with van der Waals surface area (Å²) in [5, 5.41) is 7.61. The van der Waals surface area contributed by atoms with Crippen LogP contribution < -0.4 is 10.7 Å². The lowest BCUT2D eigenvalue weighted by molar-refractivity contribution is 0.521. The highest BCUT2D eigenvalue weighted by Crippen LogP contribution is 2.10. The van der Waals surface area contributed by atoms with E-state index in [1.165, 1.54) is 18.2 Å². The molecule has 112 valence electrons. The molecule has 1 N–H and O–H groups in total. The van der Waals surface area contributed by atoms with Gasteiger partial charge in [-0.25, -0.2) is 9.07 Å². The number of rotatable bonds is 5. The molecule has 0 spiro atoms. The minimum atomic E-state index is -0.327. The molecule has 0 aliphatic carbocycles. The Labute approximate surface area is 123 Å². The van der Waals surface area contributed by atoms with Gasteiger partial charge >= 0.3 is 0 Å². The van der Waals surface area contributed by atoms with E-state index >= 15 is 0 Å². The Bertz CT molecular complexity index is 681. The molecule has 0 fully saturated rings. The van der Waals surface area contributed by atoms with Crippen molar-refractivity contribution in [2.45, 2.75) is 39.8 Å². The van der Waals surface area contributed by atoms with E-state index in [-0.39, 0.29) is 11.2 Å². The van der Waals surface area contributed by atoms with Crippen molar-refractivity contribution >= 4 is 0 Å². The van der Waals surface area contributed by atoms with Crippen molar-refractivity contribution in [2.24, 2.45) is 0 Å². The maximum atomic E-state index is 13.3. The molecule has 5 heteroatoms. The van der Waals surface area contributed by atoms with Crippen molar-refractivity contribution in [1.82, 2.24) is 15.1 Å². The molecular formula is C16H20FN3O. The van der Waals surface area contributed by atoms with Gasteiger partial charge in [-0.2, -0.15) is 5.10 Å². The van der Waals surface area contributed by atoms with Gasteiger partial charge in [-0.05, 0) is 38.5 Å². The molecular weight excluding hydrogens is 269 g/mol. The predicted octanol–water partition coefficient (Wildman–Crippen LogP) is 2.57. The summed E-state index contributed by atoms with van der Waals surface area (Å²) in [4.78, 5) is 12.0. The number of halogens is 1. The van der Waals surface area contributed by atoms with Crippen molar-refractivity contribution in [3.63, 3.8) is 0 Å². The van der Waals surface area contributed by atoms with Crippen LogP contribution in [0.25, 0.3) is 5.69 Å². The summed E-state index contributed by atoms with van der Waals surface area (Å²) < 4.78 is 14.9. The van der Waals surface area contributed by atoms with Gasteiger partial charge in [0.25, 0.3) is 0 Å². The van der Waals surface area contributed by atoms with Gasteiger partial charge in [-0.15, -0.1) is 0 Å². The number of benzene rings is 1. The second-order valence-electron chi connectivity index (χ2n) is 5.18. The highest BCUT2D eigenvalue weighted by atomic mass is 19.1. The summed E-state index contributed by atoms with van der Waals surface area (Å²) in [5.74, 6) is -0.327. The zero-order valence-corrected chi connectivity index (χ0v) is 12.6. The highest BCUT2D eigenvalue weighted by molar-refractivity contribution is 5.33. The Morgan fingerprint density at radius 2 is 2.14 bits per heavy atom. The molecule has 0 saturated heterocycles. The minimum Gasteiger partial charge on any atom is -0.308 e. The first kappa shape index (κ1) is 15.4. The van der Waals surface area contributed by atoms with Crippen LogP contribution in [0.4, 0.5) is 4.39 Å². The lowest BCUT2D eigenvalue weighted by atomic mass is 10.2. The largest absolute Gasteiger partial charge is 0.308 e. The lowest BCUT2D eigenvalue weighted by Gasteiger charge is -2.13. The van der Waals surface area contributed by atoms with Crippen LogP contribution in [0.1, 0.15) is 31.7 Å². The van der Waals surface area contributed by atoms with E-state index < -0.39 is 0 Å². The average molecular weight is 289 g/mol. The monoisotopic (exact) mass is 289 g/mol. The zero-order valence-electron chi connectivity index (χ0n) is 12.6. The molecule has 1 heterocycles. The van der Waals surface area contributed by atoms with Gasteiger partial charge < -0.3 is 5.32 Å². The third-order valence-corrected chi connectivity index (χ3v) is 3.46. The van der Waals surface area contributed by atoms with Crippen molar-refractivity contribution < 1.29 is 4.39 Å². The van der Waals surface area contributed by atoms with Gasteiger partial charge in [-0.1, -0.05) is 13.0 Å². The Kier molecular flexibility index (Phi) is 4.85. The maximum Gasteiger partial charge on any atom is 0.204 e. The van der Waals surface area contributed by atoms with Crippen LogP contribution in [0.3, 0.4) is 0 Å². The molecule has 21 heavy (non-hydrogen) atoms. The molecule has 2 aromatic rings. The summed E-state index contributed by atoms with van der Waals surface area (Å²) >= 11 is 0. The average Bonchev–Trinajstić information content (AvgIpc) is 2.46. The Hall–Kier alpha value is -2.01. The molecule has 4 nitrogen and oxygen atoms in total. The minimum absolute atomic E-state index is 0.101. The lowest BCUT2D eigenvalue weighted by Crippen LogP contribution is -2.29. The molecule has 1 aromatic carbocycles. The quantitative estimate of drug-likeness (QED) is 0.920. The second-order valence-corrected chi connectivity index (χ2v) is 5.18. The summed E-state index contributed by atoms with van der Waals surface area (Å²) in [5.41, 5.74) is 1.62. The van der Waals surface area contributed by atoms with E-state index in [4.69, 9.17) is 0 Å². The van der Waals surface area contributed by atoms with Gasteiger partial charge in [0.1, 0.15) is 11.5 Å². The van der Waals surface area contributed by atoms with Crippen LogP contribution >= 0.6 is 0 Å². The van der Waals surface area contributed by atoms with Crippen molar-refractivity contribution in [1.29, 1.82) is 0 Å². The number of aryl methyl sites for hydroxylation is 1. The van der Waals surface area contributed by atoms with E-state index in [0.717, 1.165) is 6.42 Å². The molecule has 1 unspecified atom stereocenters. The number of nitrogens with one attached hydrogen (secondary N) is 1. The van der Waals surface area contributed by atoms with Crippen LogP contribution in [-0.2, 0) is 6.54 Å². The second kappa shape index (κ2) is 6.63. The summed E-state index contributed by atoms with van der Waals surface area (Å²) in [6.45, 7) is 6.32. The predicted molar refractivity (Wildman–Crippen MR) is 81.1 cm³/mol. The van der Waals surface area contributed by atoms with Crippen LogP contribution in [0, 0.1) is 12.7 Å². The molecule has 0 saturated carbocycles. The van der Waals surface area contributed by atoms with E-state index in [2.05, 4.69) is 24.3 Å². The number of hydrogen-bond acceptors (Lipinski definition) is 3. The zero-order chi connectivity index (χ0) is 15.4. The Balaban J connectivity index is 2.36. The number of aromatic nitrogens is 2. The SMILES string of the molecule is CCC(C)NCc1nn(-c2cccc(F)c2)c(C)cc1=O. The Morgan fingerprint density at radius 1 is 1.38 bits per heavy atom. The third-order valence-electron chi connectivity index (χ3n) is 3.46. The normalized spacial score (nSPS) is 12.4. The molecule has 0 aliphatic rings. The summed E-state index contributed by atoms with van der Waals surface area (Å²) in [7, 11) is 0. The fourth-order valence-corrected chi connectivity index (χ4v) is 1.99. The first-order chi connectivity index (χ1) is 10.0. The van der Waals surface area contributed by atoms with Gasteiger partial charge in [0.2, 0.25) is 5.43 Å². The number of nitrogens with zero attached hydrogens (tertiary/aromatic N) is 2. The van der Waals surface area contributed by atoms with Crippen LogP contribution in [-0.4, -0.2) is 15.8 Å². The summed E-state index contributed by atoms with van der Waals surface area (Å²) in [6, 6.07) is 8.02. The topological polar surface area (TPSA) is 46.9 Å². The highest BCUT2D eigenvalue weighted by Gasteiger charge is 2.09. The van der Waals surface area contributed by atoms with E-state index in [1.54, 1.807) is 23.7 Å². The van der Waals surface area contributed by atoms with Crippen LogP contribution in [0.5, 0.6) is 0 Å². The van der Waals surface area contributed by atoms with Crippen molar-refractivity contribution in [2.75, 3.05) is 0 Å². The standard InChI is InChI=1S/C16H20FN3O/c1-4-11(2)18-10-15-16(21)8-12(3)20(19-15)14-7-5-6-13(17)9-14/h5-9,11,18H,4,10H2,1-3H3. The van der Waals surface area contributed by atoms with Crippen molar-refractivity contribution in [3.8, 4) is 5.69 Å². The van der Waals surface area contributed by atoms with E-state index in [0.29, 0.717) is 29.7 Å². The van der Waals surface area contributed by atoms with Gasteiger partial charge in [0.05, 0.1) is 5.69 Å². The van der Waals surface area contributed by atoms with Crippen LogP contribution in [0.2, 0.25) is 0 Å². The van der Waals surface area contributed by atoms with Gasteiger partial charge in [-0.3, -0.25) is 4.79 Å².